The predicted molar refractivity (Wildman–Crippen MR) is 75.6 cm³/mol. The molecule has 0 atom stereocenters. The first-order chi connectivity index (χ1) is 9.88. The van der Waals surface area contributed by atoms with E-state index < -0.39 is 17.7 Å². The largest absolute Gasteiger partial charge is 0.478 e. The maximum atomic E-state index is 13.7. The SMILES string of the molecule is O=C(O)c1ccc(NC(=O)c2cc(Cl)ncc2Cl)c(F)c1. The number of hydrogen-bond acceptors (Lipinski definition) is 3. The van der Waals surface area contributed by atoms with Crippen molar-refractivity contribution in [3.05, 3.63) is 57.6 Å². The molecule has 5 nitrogen and oxygen atoms in total. The number of pyridine rings is 1. The number of aromatic nitrogens is 1. The van der Waals surface area contributed by atoms with Crippen LogP contribution in [0.2, 0.25) is 10.2 Å². The summed E-state index contributed by atoms with van der Waals surface area (Å²) in [5.41, 5.74) is -0.372. The fraction of sp³-hybridized carbons (Fsp3) is 0. The molecule has 0 radical (unpaired) electrons. The van der Waals surface area contributed by atoms with Gasteiger partial charge in [-0.25, -0.2) is 14.2 Å². The number of anilines is 1. The molecule has 21 heavy (non-hydrogen) atoms. The van der Waals surface area contributed by atoms with Crippen molar-refractivity contribution in [2.75, 3.05) is 5.32 Å². The molecule has 1 aromatic heterocycles. The van der Waals surface area contributed by atoms with E-state index in [9.17, 15) is 14.0 Å². The number of halogens is 3. The molecule has 8 heteroatoms. The molecular formula is C13H7Cl2FN2O3. The van der Waals surface area contributed by atoms with Gasteiger partial charge in [0.15, 0.2) is 0 Å². The van der Waals surface area contributed by atoms with Crippen molar-refractivity contribution >= 4 is 40.8 Å². The van der Waals surface area contributed by atoms with Gasteiger partial charge in [-0.1, -0.05) is 23.2 Å². The van der Waals surface area contributed by atoms with Gasteiger partial charge < -0.3 is 10.4 Å². The Hall–Kier alpha value is -2.18. The zero-order valence-electron chi connectivity index (χ0n) is 10.2. The van der Waals surface area contributed by atoms with Crippen molar-refractivity contribution in [1.29, 1.82) is 0 Å². The van der Waals surface area contributed by atoms with E-state index in [4.69, 9.17) is 28.3 Å². The van der Waals surface area contributed by atoms with E-state index in [-0.39, 0.29) is 27.0 Å². The monoisotopic (exact) mass is 328 g/mol. The standard InChI is InChI=1S/C13H7Cl2FN2O3/c14-8-5-17-11(15)4-7(8)12(19)18-10-2-1-6(13(20)21)3-9(10)16/h1-5H,(H,18,19)(H,20,21). The van der Waals surface area contributed by atoms with E-state index in [1.165, 1.54) is 18.3 Å². The van der Waals surface area contributed by atoms with Gasteiger partial charge >= 0.3 is 5.97 Å². The minimum Gasteiger partial charge on any atom is -0.478 e. The van der Waals surface area contributed by atoms with Crippen LogP contribution >= 0.6 is 23.2 Å². The summed E-state index contributed by atoms with van der Waals surface area (Å²) < 4.78 is 13.7. The summed E-state index contributed by atoms with van der Waals surface area (Å²) in [5.74, 6) is -2.83. The van der Waals surface area contributed by atoms with Gasteiger partial charge in [-0.15, -0.1) is 0 Å². The summed E-state index contributed by atoms with van der Waals surface area (Å²) in [6, 6.07) is 4.36. The van der Waals surface area contributed by atoms with Crippen molar-refractivity contribution in [2.24, 2.45) is 0 Å². The number of carboxylic acid groups (broad SMARTS) is 1. The molecule has 108 valence electrons. The number of benzene rings is 1. The summed E-state index contributed by atoms with van der Waals surface area (Å²) in [6.45, 7) is 0. The number of carbonyl (C=O) groups is 2. The van der Waals surface area contributed by atoms with Gasteiger partial charge in [-0.05, 0) is 24.3 Å². The molecular weight excluding hydrogens is 322 g/mol. The second kappa shape index (κ2) is 6.07. The Labute approximate surface area is 128 Å². The molecule has 0 fully saturated rings. The predicted octanol–water partition coefficient (Wildman–Crippen LogP) is 3.48. The number of rotatable bonds is 3. The van der Waals surface area contributed by atoms with Crippen molar-refractivity contribution in [1.82, 2.24) is 4.98 Å². The summed E-state index contributed by atoms with van der Waals surface area (Å²) in [5, 5.41) is 11.1. The van der Waals surface area contributed by atoms with E-state index in [0.717, 1.165) is 12.1 Å². The second-order valence-electron chi connectivity index (χ2n) is 3.94. The Kier molecular flexibility index (Phi) is 4.40. The average Bonchev–Trinajstić information content (AvgIpc) is 2.43. The van der Waals surface area contributed by atoms with Gasteiger partial charge in [0.05, 0.1) is 21.8 Å². The van der Waals surface area contributed by atoms with Crippen LogP contribution in [0.3, 0.4) is 0 Å². The van der Waals surface area contributed by atoms with Crippen LogP contribution in [-0.2, 0) is 0 Å². The quantitative estimate of drug-likeness (QED) is 0.845. The average molecular weight is 329 g/mol. The van der Waals surface area contributed by atoms with Crippen LogP contribution in [0.1, 0.15) is 20.7 Å². The molecule has 2 aromatic rings. The van der Waals surface area contributed by atoms with Crippen molar-refractivity contribution in [2.45, 2.75) is 0 Å². The number of carboxylic acids is 1. The van der Waals surface area contributed by atoms with Crippen LogP contribution < -0.4 is 5.32 Å². The zero-order chi connectivity index (χ0) is 15.6. The van der Waals surface area contributed by atoms with Gasteiger partial charge in [-0.2, -0.15) is 0 Å². The third-order valence-electron chi connectivity index (χ3n) is 2.53. The summed E-state index contributed by atoms with van der Waals surface area (Å²) in [6.07, 6.45) is 1.20. The van der Waals surface area contributed by atoms with Gasteiger partial charge in [0.25, 0.3) is 5.91 Å². The maximum absolute atomic E-state index is 13.7. The molecule has 1 aromatic carbocycles. The lowest BCUT2D eigenvalue weighted by molar-refractivity contribution is 0.0696. The highest BCUT2D eigenvalue weighted by atomic mass is 35.5. The van der Waals surface area contributed by atoms with Gasteiger partial charge in [0, 0.05) is 6.20 Å². The maximum Gasteiger partial charge on any atom is 0.335 e. The van der Waals surface area contributed by atoms with E-state index in [0.29, 0.717) is 0 Å². The number of amides is 1. The Morgan fingerprint density at radius 2 is 1.95 bits per heavy atom. The molecule has 0 spiro atoms. The van der Waals surface area contributed by atoms with E-state index in [1.807, 2.05) is 0 Å². The van der Waals surface area contributed by atoms with Crippen LogP contribution in [0.4, 0.5) is 10.1 Å². The van der Waals surface area contributed by atoms with E-state index in [1.54, 1.807) is 0 Å². The molecule has 1 amide bonds. The van der Waals surface area contributed by atoms with Crippen LogP contribution in [0.15, 0.2) is 30.5 Å². The summed E-state index contributed by atoms with van der Waals surface area (Å²) in [7, 11) is 0. The lowest BCUT2D eigenvalue weighted by atomic mass is 10.2. The van der Waals surface area contributed by atoms with Crippen LogP contribution in [0.25, 0.3) is 0 Å². The summed E-state index contributed by atoms with van der Waals surface area (Å²) in [4.78, 5) is 26.4. The highest BCUT2D eigenvalue weighted by Gasteiger charge is 2.15. The third kappa shape index (κ3) is 3.48. The number of carbonyl (C=O) groups excluding carboxylic acids is 1. The van der Waals surface area contributed by atoms with Gasteiger partial charge in [0.2, 0.25) is 0 Å². The number of aromatic carboxylic acids is 1. The molecule has 0 bridgehead atoms. The molecule has 0 saturated heterocycles. The first kappa shape index (κ1) is 15.2. The van der Waals surface area contributed by atoms with E-state index in [2.05, 4.69) is 10.3 Å². The van der Waals surface area contributed by atoms with Crippen molar-refractivity contribution < 1.29 is 19.1 Å². The smallest absolute Gasteiger partial charge is 0.335 e. The van der Waals surface area contributed by atoms with Crippen molar-refractivity contribution in [3.8, 4) is 0 Å². The van der Waals surface area contributed by atoms with Crippen molar-refractivity contribution in [3.63, 3.8) is 0 Å². The molecule has 0 aliphatic heterocycles. The molecule has 2 N–H and O–H groups in total. The van der Waals surface area contributed by atoms with Crippen LogP contribution in [0, 0.1) is 5.82 Å². The Morgan fingerprint density at radius 3 is 2.57 bits per heavy atom. The first-order valence-corrected chi connectivity index (χ1v) is 6.29. The van der Waals surface area contributed by atoms with Gasteiger partial charge in [0.1, 0.15) is 11.0 Å². The fourth-order valence-corrected chi connectivity index (χ4v) is 1.87. The zero-order valence-corrected chi connectivity index (χ0v) is 11.7. The number of nitrogens with zero attached hydrogens (tertiary/aromatic N) is 1. The molecule has 0 aliphatic rings. The Morgan fingerprint density at radius 1 is 1.24 bits per heavy atom. The minimum absolute atomic E-state index is 0.0263. The number of hydrogen-bond donors (Lipinski definition) is 2. The van der Waals surface area contributed by atoms with Gasteiger partial charge in [-0.3, -0.25) is 4.79 Å². The highest BCUT2D eigenvalue weighted by Crippen LogP contribution is 2.21. The molecule has 0 aliphatic carbocycles. The highest BCUT2D eigenvalue weighted by molar-refractivity contribution is 6.35. The summed E-state index contributed by atoms with van der Waals surface area (Å²) >= 11 is 11.5. The Balaban J connectivity index is 2.27. The topological polar surface area (TPSA) is 79.3 Å². The molecule has 0 saturated carbocycles. The normalized spacial score (nSPS) is 10.2. The Bertz CT molecular complexity index is 737. The molecule has 0 unspecified atom stereocenters. The minimum atomic E-state index is -1.27. The van der Waals surface area contributed by atoms with Crippen LogP contribution in [0.5, 0.6) is 0 Å². The second-order valence-corrected chi connectivity index (χ2v) is 4.74. The fourth-order valence-electron chi connectivity index (χ4n) is 1.53. The first-order valence-electron chi connectivity index (χ1n) is 5.53. The van der Waals surface area contributed by atoms with Crippen LogP contribution in [-0.4, -0.2) is 22.0 Å². The molecule has 1 heterocycles. The molecule has 2 rings (SSSR count). The number of nitrogens with one attached hydrogen (secondary N) is 1. The third-order valence-corrected chi connectivity index (χ3v) is 3.04. The lowest BCUT2D eigenvalue weighted by Gasteiger charge is -2.08. The lowest BCUT2D eigenvalue weighted by Crippen LogP contribution is -2.14. The van der Waals surface area contributed by atoms with E-state index >= 15 is 0 Å².